The molecule has 0 spiro atoms. The molecule has 0 saturated carbocycles. The molecule has 32 heavy (non-hydrogen) atoms. The van der Waals surface area contributed by atoms with E-state index >= 15 is 0 Å². The third kappa shape index (κ3) is 4.62. The molecule has 0 aliphatic heterocycles. The summed E-state index contributed by atoms with van der Waals surface area (Å²) in [6.07, 6.45) is -0.998. The van der Waals surface area contributed by atoms with Gasteiger partial charge in [-0.3, -0.25) is 4.79 Å². The first-order chi connectivity index (χ1) is 15.4. The molecule has 4 nitrogen and oxygen atoms in total. The van der Waals surface area contributed by atoms with Crippen molar-refractivity contribution in [2.24, 2.45) is 5.92 Å². The number of esters is 1. The van der Waals surface area contributed by atoms with Gasteiger partial charge in [-0.15, -0.1) is 0 Å². The number of aliphatic hydroxyl groups is 1. The molecule has 3 aromatic rings. The van der Waals surface area contributed by atoms with Crippen LogP contribution < -0.4 is 15.9 Å². The Morgan fingerprint density at radius 2 is 1.16 bits per heavy atom. The monoisotopic (exact) mass is 448 g/mol. The number of hydrogen-bond acceptors (Lipinski definition) is 4. The molecule has 1 atom stereocenters. The van der Waals surface area contributed by atoms with E-state index in [2.05, 4.69) is 0 Å². The van der Waals surface area contributed by atoms with Crippen molar-refractivity contribution in [3.05, 3.63) is 91.0 Å². The van der Waals surface area contributed by atoms with Gasteiger partial charge in [0.2, 0.25) is 0 Å². The van der Waals surface area contributed by atoms with Gasteiger partial charge in [-0.25, -0.2) is 4.79 Å². The maximum atomic E-state index is 13.8. The summed E-state index contributed by atoms with van der Waals surface area (Å²) >= 11 is 0. The van der Waals surface area contributed by atoms with E-state index in [9.17, 15) is 14.7 Å². The van der Waals surface area contributed by atoms with Crippen LogP contribution in [0.15, 0.2) is 91.0 Å². The van der Waals surface area contributed by atoms with Crippen LogP contribution >= 0.6 is 6.89 Å². The molecule has 0 aliphatic carbocycles. The van der Waals surface area contributed by atoms with E-state index in [1.165, 1.54) is 7.11 Å². The van der Waals surface area contributed by atoms with Gasteiger partial charge in [0.15, 0.2) is 5.78 Å². The average Bonchev–Trinajstić information content (AvgIpc) is 2.83. The lowest BCUT2D eigenvalue weighted by Crippen LogP contribution is -2.39. The van der Waals surface area contributed by atoms with E-state index < -0.39 is 19.0 Å². The molecule has 1 unspecified atom stereocenters. The highest BCUT2D eigenvalue weighted by molar-refractivity contribution is 7.97. The number of Topliss-reactive ketones (excluding diaryl/α,β-unsaturated/α-hetero) is 1. The van der Waals surface area contributed by atoms with Gasteiger partial charge in [0.25, 0.3) is 0 Å². The molecule has 0 bridgehead atoms. The van der Waals surface area contributed by atoms with Gasteiger partial charge in [0.1, 0.15) is 5.29 Å². The molecule has 0 saturated heterocycles. The largest absolute Gasteiger partial charge is 0.465 e. The fourth-order valence-electron chi connectivity index (χ4n) is 3.85. The highest BCUT2D eigenvalue weighted by Crippen LogP contribution is 2.46. The van der Waals surface area contributed by atoms with Crippen molar-refractivity contribution in [3.63, 3.8) is 0 Å². The molecular formula is C27H29O4P. The predicted molar refractivity (Wildman–Crippen MR) is 133 cm³/mol. The zero-order valence-electron chi connectivity index (χ0n) is 18.6. The lowest BCUT2D eigenvalue weighted by molar-refractivity contribution is -0.133. The molecule has 3 aromatic carbocycles. The number of carbonyl (C=O) groups excluding carboxylic acids is 2. The fourth-order valence-corrected chi connectivity index (χ4v) is 8.20. The zero-order valence-corrected chi connectivity index (χ0v) is 19.5. The van der Waals surface area contributed by atoms with Crippen molar-refractivity contribution in [1.29, 1.82) is 0 Å². The summed E-state index contributed by atoms with van der Waals surface area (Å²) in [7, 11) is 1.30. The Morgan fingerprint density at radius 3 is 1.47 bits per heavy atom. The van der Waals surface area contributed by atoms with Crippen LogP contribution in [0.3, 0.4) is 0 Å². The maximum Gasteiger partial charge on any atom is 0.342 e. The average molecular weight is 448 g/mol. The number of ether oxygens (including phenoxy) is 1. The van der Waals surface area contributed by atoms with Gasteiger partial charge in [-0.2, -0.15) is 0 Å². The molecule has 1 N–H and O–H groups in total. The van der Waals surface area contributed by atoms with E-state index in [1.807, 2.05) is 105 Å². The topological polar surface area (TPSA) is 63.6 Å². The smallest absolute Gasteiger partial charge is 0.342 e. The Kier molecular flexibility index (Phi) is 7.84. The molecular weight excluding hydrogens is 419 g/mol. The highest BCUT2D eigenvalue weighted by Gasteiger charge is 2.37. The van der Waals surface area contributed by atoms with E-state index in [1.54, 1.807) is 0 Å². The number of rotatable bonds is 8. The van der Waals surface area contributed by atoms with Gasteiger partial charge in [0.05, 0.1) is 13.2 Å². The molecule has 0 aliphatic rings. The number of hydrogen-bond donors (Lipinski definition) is 1. The summed E-state index contributed by atoms with van der Waals surface area (Å²) in [5.41, 5.74) is 0. The second-order valence-electron chi connectivity index (χ2n) is 7.96. The van der Waals surface area contributed by atoms with Crippen LogP contribution in [-0.4, -0.2) is 35.4 Å². The van der Waals surface area contributed by atoms with Crippen LogP contribution in [0.5, 0.6) is 0 Å². The number of ketones is 1. The fraction of sp³-hybridized carbons (Fsp3) is 0.222. The second-order valence-corrected chi connectivity index (χ2v) is 11.3. The number of carbonyl (C=O) groups is 2. The lowest BCUT2D eigenvalue weighted by atomic mass is 10.0. The van der Waals surface area contributed by atoms with Crippen LogP contribution in [0.4, 0.5) is 0 Å². The minimum atomic E-state index is -2.90. The summed E-state index contributed by atoms with van der Waals surface area (Å²) in [4.78, 5) is 27.1. The second kappa shape index (κ2) is 10.6. The third-order valence-electron chi connectivity index (χ3n) is 5.57. The van der Waals surface area contributed by atoms with Crippen molar-refractivity contribution in [2.75, 3.05) is 7.11 Å². The van der Waals surface area contributed by atoms with Crippen molar-refractivity contribution >= 4 is 39.8 Å². The number of aliphatic hydroxyl groups excluding tert-OH is 1. The minimum Gasteiger partial charge on any atom is -0.465 e. The van der Waals surface area contributed by atoms with Crippen LogP contribution in [0.25, 0.3) is 0 Å². The Morgan fingerprint density at radius 1 is 0.781 bits per heavy atom. The lowest BCUT2D eigenvalue weighted by Gasteiger charge is -2.31. The molecule has 0 fully saturated rings. The van der Waals surface area contributed by atoms with E-state index in [-0.39, 0.29) is 23.4 Å². The molecule has 3 rings (SSSR count). The summed E-state index contributed by atoms with van der Waals surface area (Å²) in [5, 5.41) is 13.2. The van der Waals surface area contributed by atoms with Crippen LogP contribution in [0.1, 0.15) is 20.3 Å². The Bertz CT molecular complexity index is 1000. The van der Waals surface area contributed by atoms with Gasteiger partial charge >= 0.3 is 5.97 Å². The molecule has 0 aromatic heterocycles. The highest BCUT2D eigenvalue weighted by atomic mass is 31.2. The maximum absolute atomic E-state index is 13.8. The van der Waals surface area contributed by atoms with Crippen molar-refractivity contribution in [2.45, 2.75) is 26.4 Å². The first-order valence-electron chi connectivity index (χ1n) is 10.7. The third-order valence-corrected chi connectivity index (χ3v) is 9.89. The molecule has 0 amide bonds. The van der Waals surface area contributed by atoms with Crippen molar-refractivity contribution in [3.8, 4) is 0 Å². The molecule has 0 heterocycles. The van der Waals surface area contributed by atoms with E-state index in [0.29, 0.717) is 0 Å². The summed E-state index contributed by atoms with van der Waals surface area (Å²) in [6.45, 7) is 0.805. The zero-order chi connectivity index (χ0) is 23.1. The normalized spacial score (nSPS) is 12.3. The summed E-state index contributed by atoms with van der Waals surface area (Å²) in [6, 6.07) is 29.0. The Balaban J connectivity index is 2.54. The van der Waals surface area contributed by atoms with Gasteiger partial charge in [0, 0.05) is 6.42 Å². The molecule has 0 radical (unpaired) electrons. The summed E-state index contributed by atoms with van der Waals surface area (Å²) in [5.74, 6) is -1.16. The van der Waals surface area contributed by atoms with Crippen LogP contribution in [0, 0.1) is 5.92 Å². The number of methoxy groups -OCH3 is 1. The predicted octanol–water partition coefficient (Wildman–Crippen LogP) is 3.30. The van der Waals surface area contributed by atoms with E-state index in [0.717, 1.165) is 15.9 Å². The van der Waals surface area contributed by atoms with Crippen LogP contribution in [0.2, 0.25) is 0 Å². The number of benzene rings is 3. The van der Waals surface area contributed by atoms with Gasteiger partial charge in [-0.05, 0) is 28.7 Å². The van der Waals surface area contributed by atoms with Gasteiger partial charge < -0.3 is 9.84 Å². The van der Waals surface area contributed by atoms with Crippen molar-refractivity contribution in [1.82, 2.24) is 0 Å². The van der Waals surface area contributed by atoms with Crippen LogP contribution in [-0.2, 0) is 14.3 Å². The quantitative estimate of drug-likeness (QED) is 0.326. The van der Waals surface area contributed by atoms with Crippen molar-refractivity contribution < 1.29 is 19.4 Å². The first-order valence-corrected chi connectivity index (χ1v) is 12.4. The SMILES string of the molecule is COC(=O)C(C(=O)CC(O)C(C)C)=P(c1ccccc1)(c1ccccc1)c1ccccc1. The van der Waals surface area contributed by atoms with Gasteiger partial charge in [-0.1, -0.05) is 105 Å². The first kappa shape index (κ1) is 23.7. The molecule has 5 heteroatoms. The standard InChI is InChI=1S/C27H29O4P/c1-20(2)24(28)19-25(29)26(27(30)31-3)32(21-13-7-4-8-14-21,22-15-9-5-10-16-22)23-17-11-6-12-18-23/h4-18,20,24,28H,19H2,1-3H3. The Hall–Kier alpha value is -2.94. The minimum absolute atomic E-state index is 0.100. The summed E-state index contributed by atoms with van der Waals surface area (Å²) < 4.78 is 5.20. The van der Waals surface area contributed by atoms with E-state index in [4.69, 9.17) is 4.74 Å². The Labute approximate surface area is 189 Å². The molecule has 166 valence electrons.